The van der Waals surface area contributed by atoms with Crippen LogP contribution in [0.1, 0.15) is 32.1 Å². The van der Waals surface area contributed by atoms with E-state index in [1.807, 2.05) is 6.07 Å². The molecule has 6 nitrogen and oxygen atoms in total. The summed E-state index contributed by atoms with van der Waals surface area (Å²) in [5.41, 5.74) is 1.55. The monoisotopic (exact) mass is 398 g/mol. The van der Waals surface area contributed by atoms with Crippen molar-refractivity contribution in [2.24, 2.45) is 0 Å². The number of carbonyl (C=O) groups excluding carboxylic acids is 2. The summed E-state index contributed by atoms with van der Waals surface area (Å²) in [6.07, 6.45) is 1.14. The van der Waals surface area contributed by atoms with Crippen molar-refractivity contribution < 1.29 is 14.0 Å². The Morgan fingerprint density at radius 2 is 1.43 bits per heavy atom. The molecule has 28 heavy (non-hydrogen) atoms. The smallest absolute Gasteiger partial charge is 0.270 e. The fraction of sp³-hybridized carbons (Fsp3) is 0.100. The third-order valence-electron chi connectivity index (χ3n) is 3.82. The van der Waals surface area contributed by atoms with Gasteiger partial charge in [0.15, 0.2) is 0 Å². The molecular weight excluding hydrogens is 383 g/mol. The number of aromatic nitrogens is 2. The zero-order valence-corrected chi connectivity index (χ0v) is 15.4. The van der Waals surface area contributed by atoms with Gasteiger partial charge in [-0.3, -0.25) is 9.59 Å². The first-order valence-corrected chi connectivity index (χ1v) is 8.76. The lowest BCUT2D eigenvalue weighted by molar-refractivity contribution is 0.0944. The Bertz CT molecular complexity index is 936. The predicted octanol–water partition coefficient (Wildman–Crippen LogP) is 3.13. The molecule has 3 rings (SSSR count). The molecule has 2 aromatic carbocycles. The average Bonchev–Trinajstić information content (AvgIpc) is 2.70. The van der Waals surface area contributed by atoms with Crippen molar-refractivity contribution in [3.8, 4) is 0 Å². The molecule has 0 saturated heterocycles. The highest BCUT2D eigenvalue weighted by Crippen LogP contribution is 2.10. The van der Waals surface area contributed by atoms with E-state index in [2.05, 4.69) is 20.6 Å². The number of hydrogen-bond donors (Lipinski definition) is 2. The van der Waals surface area contributed by atoms with E-state index >= 15 is 0 Å². The normalized spacial score (nSPS) is 10.4. The molecule has 8 heteroatoms. The summed E-state index contributed by atoms with van der Waals surface area (Å²) in [5, 5.41) is 5.92. The Morgan fingerprint density at radius 1 is 0.857 bits per heavy atom. The van der Waals surface area contributed by atoms with Crippen LogP contribution in [0.25, 0.3) is 0 Å². The lowest BCUT2D eigenvalue weighted by Crippen LogP contribution is -2.27. The van der Waals surface area contributed by atoms with Crippen molar-refractivity contribution in [1.29, 1.82) is 0 Å². The van der Waals surface area contributed by atoms with E-state index in [-0.39, 0.29) is 30.3 Å². The van der Waals surface area contributed by atoms with Crippen LogP contribution in [0.2, 0.25) is 5.02 Å². The van der Waals surface area contributed by atoms with Crippen LogP contribution in [0.3, 0.4) is 0 Å². The Labute approximate surface area is 165 Å². The number of carbonyl (C=O) groups is 2. The highest BCUT2D eigenvalue weighted by atomic mass is 35.5. The summed E-state index contributed by atoms with van der Waals surface area (Å²) in [6.45, 7) is 0.404. The zero-order valence-electron chi connectivity index (χ0n) is 14.7. The number of benzene rings is 2. The van der Waals surface area contributed by atoms with Crippen molar-refractivity contribution >= 4 is 23.4 Å². The van der Waals surface area contributed by atoms with E-state index in [0.29, 0.717) is 10.6 Å². The second kappa shape index (κ2) is 9.05. The Hall–Kier alpha value is -3.32. The van der Waals surface area contributed by atoms with E-state index in [1.165, 1.54) is 18.2 Å². The molecule has 1 heterocycles. The van der Waals surface area contributed by atoms with Crippen LogP contribution >= 0.6 is 11.6 Å². The highest BCUT2D eigenvalue weighted by Gasteiger charge is 2.13. The average molecular weight is 399 g/mol. The van der Waals surface area contributed by atoms with Crippen molar-refractivity contribution in [3.05, 3.63) is 94.3 Å². The number of nitrogens with zero attached hydrogens (tertiary/aromatic N) is 2. The molecule has 2 amide bonds. The summed E-state index contributed by atoms with van der Waals surface area (Å²) in [7, 11) is 0. The molecule has 0 radical (unpaired) electrons. The Morgan fingerprint density at radius 3 is 2.00 bits per heavy atom. The molecule has 142 valence electrons. The van der Waals surface area contributed by atoms with Crippen LogP contribution in [0, 0.1) is 5.82 Å². The minimum Gasteiger partial charge on any atom is -0.347 e. The first-order valence-electron chi connectivity index (χ1n) is 8.38. The number of halogens is 2. The van der Waals surface area contributed by atoms with Gasteiger partial charge >= 0.3 is 0 Å². The van der Waals surface area contributed by atoms with Gasteiger partial charge in [-0.05, 0) is 35.4 Å². The van der Waals surface area contributed by atoms with Gasteiger partial charge < -0.3 is 10.6 Å². The third kappa shape index (κ3) is 5.34. The summed E-state index contributed by atoms with van der Waals surface area (Å²) in [4.78, 5) is 32.3. The van der Waals surface area contributed by atoms with Gasteiger partial charge in [0, 0.05) is 24.2 Å². The van der Waals surface area contributed by atoms with Gasteiger partial charge in [0.1, 0.15) is 23.5 Å². The van der Waals surface area contributed by atoms with Crippen LogP contribution < -0.4 is 10.6 Å². The topological polar surface area (TPSA) is 84.0 Å². The standard InChI is InChI=1S/C20H16ClFN4O2/c21-15-5-1-3-13(7-15)10-23-19(27)17-9-18(26-12-25-17)20(28)24-11-14-4-2-6-16(22)8-14/h1-9,12H,10-11H2,(H,23,27)(H,24,28). The van der Waals surface area contributed by atoms with Crippen LogP contribution in [0.4, 0.5) is 4.39 Å². The maximum absolute atomic E-state index is 13.2. The third-order valence-corrected chi connectivity index (χ3v) is 4.05. The Balaban J connectivity index is 1.60. The van der Waals surface area contributed by atoms with Gasteiger partial charge in [-0.1, -0.05) is 35.9 Å². The van der Waals surface area contributed by atoms with Crippen LogP contribution in [-0.4, -0.2) is 21.8 Å². The lowest BCUT2D eigenvalue weighted by Gasteiger charge is -2.07. The lowest BCUT2D eigenvalue weighted by atomic mass is 10.2. The van der Waals surface area contributed by atoms with E-state index < -0.39 is 11.8 Å². The fourth-order valence-electron chi connectivity index (χ4n) is 2.45. The maximum atomic E-state index is 13.2. The van der Waals surface area contributed by atoms with Gasteiger partial charge in [0.2, 0.25) is 0 Å². The Kier molecular flexibility index (Phi) is 6.29. The van der Waals surface area contributed by atoms with Gasteiger partial charge in [-0.2, -0.15) is 0 Å². The van der Waals surface area contributed by atoms with Crippen LogP contribution in [0.5, 0.6) is 0 Å². The highest BCUT2D eigenvalue weighted by molar-refractivity contribution is 6.30. The fourth-order valence-corrected chi connectivity index (χ4v) is 2.66. The number of hydrogen-bond acceptors (Lipinski definition) is 4. The molecule has 2 N–H and O–H groups in total. The molecule has 0 saturated carbocycles. The van der Waals surface area contributed by atoms with E-state index in [0.717, 1.165) is 11.9 Å². The first-order chi connectivity index (χ1) is 13.5. The molecule has 0 bridgehead atoms. The summed E-state index contributed by atoms with van der Waals surface area (Å²) in [6, 6.07) is 14.3. The van der Waals surface area contributed by atoms with Crippen molar-refractivity contribution in [2.75, 3.05) is 0 Å². The van der Waals surface area contributed by atoms with Crippen molar-refractivity contribution in [1.82, 2.24) is 20.6 Å². The van der Waals surface area contributed by atoms with Gasteiger partial charge in [-0.25, -0.2) is 14.4 Å². The molecule has 0 aliphatic rings. The molecule has 0 aliphatic carbocycles. The summed E-state index contributed by atoms with van der Waals surface area (Å²) in [5.74, 6) is -1.32. The predicted molar refractivity (Wildman–Crippen MR) is 102 cm³/mol. The van der Waals surface area contributed by atoms with E-state index in [9.17, 15) is 14.0 Å². The maximum Gasteiger partial charge on any atom is 0.270 e. The van der Waals surface area contributed by atoms with Crippen LogP contribution in [-0.2, 0) is 13.1 Å². The molecule has 0 spiro atoms. The summed E-state index contributed by atoms with van der Waals surface area (Å²) < 4.78 is 13.2. The number of nitrogens with one attached hydrogen (secondary N) is 2. The molecule has 0 aliphatic heterocycles. The molecule has 3 aromatic rings. The zero-order chi connectivity index (χ0) is 19.9. The van der Waals surface area contributed by atoms with Crippen LogP contribution in [0.15, 0.2) is 60.9 Å². The van der Waals surface area contributed by atoms with Crippen molar-refractivity contribution in [2.45, 2.75) is 13.1 Å². The SMILES string of the molecule is O=C(NCc1cccc(F)c1)c1cc(C(=O)NCc2cccc(Cl)c2)ncn1. The van der Waals surface area contributed by atoms with E-state index in [4.69, 9.17) is 11.6 Å². The number of rotatable bonds is 6. The van der Waals surface area contributed by atoms with Crippen molar-refractivity contribution in [3.63, 3.8) is 0 Å². The quantitative estimate of drug-likeness (QED) is 0.668. The second-order valence-electron chi connectivity index (χ2n) is 5.91. The van der Waals surface area contributed by atoms with Gasteiger partial charge in [0.05, 0.1) is 0 Å². The summed E-state index contributed by atoms with van der Waals surface area (Å²) >= 11 is 5.92. The number of amides is 2. The molecule has 0 unspecified atom stereocenters. The molecular formula is C20H16ClFN4O2. The van der Waals surface area contributed by atoms with E-state index in [1.54, 1.807) is 30.3 Å². The van der Waals surface area contributed by atoms with Gasteiger partial charge in [0.25, 0.3) is 11.8 Å². The van der Waals surface area contributed by atoms with Gasteiger partial charge in [-0.15, -0.1) is 0 Å². The minimum atomic E-state index is -0.490. The second-order valence-corrected chi connectivity index (χ2v) is 6.35. The largest absolute Gasteiger partial charge is 0.347 e. The molecule has 0 fully saturated rings. The minimum absolute atomic E-state index is 0.0410. The molecule has 0 atom stereocenters. The first kappa shape index (κ1) is 19.4. The molecule has 1 aromatic heterocycles.